The molecule has 3 atom stereocenters. The molecule has 4 N–H and O–H groups in total. The van der Waals surface area contributed by atoms with Crippen LogP contribution in [0.25, 0.3) is 5.82 Å². The van der Waals surface area contributed by atoms with Crippen molar-refractivity contribution in [3.05, 3.63) is 114 Å². The number of rotatable bonds is 10. The Hall–Kier alpha value is -4.34. The van der Waals surface area contributed by atoms with E-state index in [1.54, 1.807) is 29.2 Å². The maximum Gasteiger partial charge on any atom is 0.255 e. The van der Waals surface area contributed by atoms with E-state index in [2.05, 4.69) is 39.5 Å². The number of hydrogen-bond donors (Lipinski definition) is 3. The normalized spacial score (nSPS) is 17.0. The molecule has 9 nitrogen and oxygen atoms in total. The first-order valence-corrected chi connectivity index (χ1v) is 13.1. The van der Waals surface area contributed by atoms with Crippen LogP contribution in [0.5, 0.6) is 0 Å². The summed E-state index contributed by atoms with van der Waals surface area (Å²) in [6, 6.07) is 24.2. The molecule has 0 aliphatic carbocycles. The average Bonchev–Trinajstić information content (AvgIpc) is 3.63. The van der Waals surface area contributed by atoms with Crippen molar-refractivity contribution in [1.29, 1.82) is 0 Å². The molecule has 0 radical (unpaired) electrons. The number of nitrogens with two attached hydrogens (primary N) is 1. The third-order valence-corrected chi connectivity index (χ3v) is 7.11. The van der Waals surface area contributed by atoms with Crippen molar-refractivity contribution in [3.63, 3.8) is 0 Å². The zero-order valence-corrected chi connectivity index (χ0v) is 21.6. The van der Waals surface area contributed by atoms with Crippen LogP contribution in [-0.4, -0.2) is 61.8 Å². The number of pyridine rings is 1. The SMILES string of the molecule is NC(=O)C(O)C(Cc1ccccc1)NC(=O)c1cccnc1-n1ccc(CN2CCC(c3ccccc3)C2)n1. The van der Waals surface area contributed by atoms with E-state index in [0.29, 0.717) is 18.3 Å². The number of nitrogens with one attached hydrogen (secondary N) is 1. The van der Waals surface area contributed by atoms with Crippen molar-refractivity contribution in [3.8, 4) is 5.82 Å². The number of nitrogens with zero attached hydrogens (tertiary/aromatic N) is 4. The van der Waals surface area contributed by atoms with Crippen molar-refractivity contribution in [2.75, 3.05) is 13.1 Å². The van der Waals surface area contributed by atoms with E-state index >= 15 is 0 Å². The number of benzene rings is 2. The Kier molecular flexibility index (Phi) is 8.10. The number of hydrogen-bond acceptors (Lipinski definition) is 6. The Balaban J connectivity index is 1.29. The van der Waals surface area contributed by atoms with Gasteiger partial charge in [0.05, 0.1) is 17.3 Å². The zero-order chi connectivity index (χ0) is 27.2. The van der Waals surface area contributed by atoms with Crippen LogP contribution in [-0.2, 0) is 17.8 Å². The standard InChI is InChI=1S/C30H32N6O3/c31-28(38)27(37)26(18-21-8-3-1-4-9-21)33-30(39)25-12-7-15-32-29(25)36-17-14-24(34-36)20-35-16-13-23(19-35)22-10-5-2-6-11-22/h1-12,14-15,17,23,26-27,37H,13,16,18-20H2,(H2,31,38)(H,33,39). The molecule has 0 saturated carbocycles. The number of aliphatic hydroxyl groups excluding tert-OH is 1. The first-order chi connectivity index (χ1) is 19.0. The van der Waals surface area contributed by atoms with Crippen molar-refractivity contribution >= 4 is 11.8 Å². The molecule has 0 bridgehead atoms. The number of amides is 2. The summed E-state index contributed by atoms with van der Waals surface area (Å²) < 4.78 is 1.59. The lowest BCUT2D eigenvalue weighted by Gasteiger charge is -2.22. The highest BCUT2D eigenvalue weighted by Gasteiger charge is 2.28. The predicted octanol–water partition coefficient (Wildman–Crippen LogP) is 2.44. The molecule has 5 rings (SSSR count). The summed E-state index contributed by atoms with van der Waals surface area (Å²) in [7, 11) is 0. The smallest absolute Gasteiger partial charge is 0.255 e. The summed E-state index contributed by atoms with van der Waals surface area (Å²) in [5, 5.41) is 17.9. The molecular weight excluding hydrogens is 492 g/mol. The van der Waals surface area contributed by atoms with Crippen LogP contribution in [0.1, 0.15) is 39.5 Å². The molecule has 9 heteroatoms. The Labute approximate surface area is 227 Å². The highest BCUT2D eigenvalue weighted by atomic mass is 16.3. The Morgan fingerprint density at radius 2 is 1.77 bits per heavy atom. The minimum Gasteiger partial charge on any atom is -0.381 e. The van der Waals surface area contributed by atoms with Crippen molar-refractivity contribution in [2.24, 2.45) is 5.73 Å². The fourth-order valence-electron chi connectivity index (χ4n) is 5.08. The maximum atomic E-state index is 13.4. The number of aromatic nitrogens is 3. The van der Waals surface area contributed by atoms with Gasteiger partial charge in [-0.15, -0.1) is 0 Å². The van der Waals surface area contributed by atoms with E-state index in [0.717, 1.165) is 30.8 Å². The Morgan fingerprint density at radius 1 is 1.03 bits per heavy atom. The lowest BCUT2D eigenvalue weighted by Crippen LogP contribution is -2.50. The fraction of sp³-hybridized carbons (Fsp3) is 0.267. The minimum atomic E-state index is -1.55. The number of primary amides is 1. The highest BCUT2D eigenvalue weighted by molar-refractivity contribution is 5.97. The number of carbonyl (C=O) groups excluding carboxylic acids is 2. The van der Waals surface area contributed by atoms with Gasteiger partial charge in [0, 0.05) is 25.5 Å². The molecule has 1 aliphatic rings. The Bertz CT molecular complexity index is 1410. The van der Waals surface area contributed by atoms with Crippen LogP contribution < -0.4 is 11.1 Å². The van der Waals surface area contributed by atoms with E-state index in [9.17, 15) is 14.7 Å². The van der Waals surface area contributed by atoms with Gasteiger partial charge in [0.25, 0.3) is 5.91 Å². The lowest BCUT2D eigenvalue weighted by molar-refractivity contribution is -0.127. The second-order valence-corrected chi connectivity index (χ2v) is 9.87. The molecule has 39 heavy (non-hydrogen) atoms. The highest BCUT2D eigenvalue weighted by Crippen LogP contribution is 2.27. The molecule has 200 valence electrons. The van der Waals surface area contributed by atoms with Gasteiger partial charge < -0.3 is 16.2 Å². The van der Waals surface area contributed by atoms with E-state index in [4.69, 9.17) is 10.8 Å². The summed E-state index contributed by atoms with van der Waals surface area (Å²) in [6.07, 6.45) is 3.18. The molecule has 3 heterocycles. The summed E-state index contributed by atoms with van der Waals surface area (Å²) in [6.45, 7) is 2.67. The zero-order valence-electron chi connectivity index (χ0n) is 21.6. The van der Waals surface area contributed by atoms with E-state index in [1.807, 2.05) is 42.5 Å². The van der Waals surface area contributed by atoms with Gasteiger partial charge in [-0.25, -0.2) is 9.67 Å². The summed E-state index contributed by atoms with van der Waals surface area (Å²) in [4.78, 5) is 31.9. The van der Waals surface area contributed by atoms with Gasteiger partial charge in [0.15, 0.2) is 11.9 Å². The van der Waals surface area contributed by atoms with Crippen molar-refractivity contribution in [1.82, 2.24) is 25.0 Å². The summed E-state index contributed by atoms with van der Waals surface area (Å²) >= 11 is 0. The Morgan fingerprint density at radius 3 is 2.51 bits per heavy atom. The molecule has 1 aliphatic heterocycles. The van der Waals surface area contributed by atoms with E-state index < -0.39 is 24.0 Å². The molecule has 0 spiro atoms. The third-order valence-electron chi connectivity index (χ3n) is 7.11. The fourth-order valence-corrected chi connectivity index (χ4v) is 5.08. The van der Waals surface area contributed by atoms with Crippen LogP contribution in [0.15, 0.2) is 91.3 Å². The van der Waals surface area contributed by atoms with Gasteiger partial charge in [0.1, 0.15) is 0 Å². The molecule has 2 aromatic heterocycles. The van der Waals surface area contributed by atoms with Gasteiger partial charge in [-0.05, 0) is 54.6 Å². The maximum absolute atomic E-state index is 13.4. The quantitative estimate of drug-likeness (QED) is 0.293. The van der Waals surface area contributed by atoms with Crippen molar-refractivity contribution in [2.45, 2.75) is 37.5 Å². The van der Waals surface area contributed by atoms with E-state index in [-0.39, 0.29) is 12.0 Å². The monoisotopic (exact) mass is 524 g/mol. The van der Waals surface area contributed by atoms with Gasteiger partial charge in [-0.3, -0.25) is 14.5 Å². The lowest BCUT2D eigenvalue weighted by atomic mass is 9.99. The van der Waals surface area contributed by atoms with Crippen molar-refractivity contribution < 1.29 is 14.7 Å². The van der Waals surface area contributed by atoms with Crippen LogP contribution in [0.2, 0.25) is 0 Å². The van der Waals surface area contributed by atoms with E-state index in [1.165, 1.54) is 5.56 Å². The van der Waals surface area contributed by atoms with Gasteiger partial charge in [-0.1, -0.05) is 60.7 Å². The molecule has 2 aromatic carbocycles. The molecular formula is C30H32N6O3. The molecule has 1 saturated heterocycles. The molecule has 2 amide bonds. The van der Waals surface area contributed by atoms with Gasteiger partial charge in [0.2, 0.25) is 5.91 Å². The molecule has 4 aromatic rings. The van der Waals surface area contributed by atoms with Gasteiger partial charge in [-0.2, -0.15) is 5.10 Å². The number of likely N-dealkylation sites (tertiary alicyclic amines) is 1. The summed E-state index contributed by atoms with van der Waals surface area (Å²) in [5.74, 6) is -0.520. The first-order valence-electron chi connectivity index (χ1n) is 13.1. The second kappa shape index (κ2) is 12.0. The first kappa shape index (κ1) is 26.3. The van der Waals surface area contributed by atoms with Gasteiger partial charge >= 0.3 is 0 Å². The third kappa shape index (κ3) is 6.39. The number of carbonyl (C=O) groups is 2. The second-order valence-electron chi connectivity index (χ2n) is 9.87. The largest absolute Gasteiger partial charge is 0.381 e. The van der Waals surface area contributed by atoms with Crippen LogP contribution in [0.4, 0.5) is 0 Å². The molecule has 1 fully saturated rings. The minimum absolute atomic E-state index is 0.234. The van der Waals surface area contributed by atoms with Crippen LogP contribution in [0.3, 0.4) is 0 Å². The van der Waals surface area contributed by atoms with Crippen LogP contribution in [0, 0.1) is 0 Å². The molecule has 3 unspecified atom stereocenters. The van der Waals surface area contributed by atoms with Crippen LogP contribution >= 0.6 is 0 Å². The average molecular weight is 525 g/mol. The number of aliphatic hydroxyl groups is 1. The topological polar surface area (TPSA) is 126 Å². The summed E-state index contributed by atoms with van der Waals surface area (Å²) in [5.41, 5.74) is 8.73. The predicted molar refractivity (Wildman–Crippen MR) is 147 cm³/mol.